The van der Waals surface area contributed by atoms with E-state index in [9.17, 15) is 13.2 Å². The molecular formula is C17H16N2O4S2. The van der Waals surface area contributed by atoms with Crippen LogP contribution in [0.15, 0.2) is 68.8 Å². The molecule has 0 unspecified atom stereocenters. The highest BCUT2D eigenvalue weighted by atomic mass is 32.2. The molecule has 130 valence electrons. The molecule has 1 amide bonds. The first-order valence-corrected chi connectivity index (χ1v) is 9.88. The lowest BCUT2D eigenvalue weighted by molar-refractivity contribution is 0.0951. The lowest BCUT2D eigenvalue weighted by atomic mass is 10.2. The highest BCUT2D eigenvalue weighted by Gasteiger charge is 2.15. The predicted octanol–water partition coefficient (Wildman–Crippen LogP) is 2.75. The second-order valence-corrected chi connectivity index (χ2v) is 7.79. The summed E-state index contributed by atoms with van der Waals surface area (Å²) in [5, 5.41) is 6.69. The maximum Gasteiger partial charge on any atom is 0.251 e. The zero-order valence-corrected chi connectivity index (χ0v) is 14.8. The molecule has 0 atom stereocenters. The van der Waals surface area contributed by atoms with Gasteiger partial charge < -0.3 is 9.73 Å². The molecule has 2 heterocycles. The topological polar surface area (TPSA) is 88.4 Å². The summed E-state index contributed by atoms with van der Waals surface area (Å²) in [6.45, 7) is 0.505. The van der Waals surface area contributed by atoms with E-state index in [1.807, 2.05) is 16.8 Å². The van der Waals surface area contributed by atoms with E-state index in [0.717, 1.165) is 5.56 Å². The van der Waals surface area contributed by atoms with Crippen LogP contribution in [0.3, 0.4) is 0 Å². The van der Waals surface area contributed by atoms with E-state index >= 15 is 0 Å². The Morgan fingerprint density at radius 3 is 2.52 bits per heavy atom. The summed E-state index contributed by atoms with van der Waals surface area (Å²) in [4.78, 5) is 12.2. The van der Waals surface area contributed by atoms with Gasteiger partial charge in [0.05, 0.1) is 17.7 Å². The van der Waals surface area contributed by atoms with Crippen molar-refractivity contribution in [3.05, 3.63) is 76.4 Å². The van der Waals surface area contributed by atoms with Crippen molar-refractivity contribution in [3.8, 4) is 0 Å². The molecule has 0 aliphatic carbocycles. The van der Waals surface area contributed by atoms with Crippen molar-refractivity contribution in [2.75, 3.05) is 0 Å². The van der Waals surface area contributed by atoms with Crippen LogP contribution in [0.25, 0.3) is 0 Å². The van der Waals surface area contributed by atoms with Crippen LogP contribution in [0.2, 0.25) is 0 Å². The minimum absolute atomic E-state index is 0.0677. The molecule has 0 bridgehead atoms. The van der Waals surface area contributed by atoms with Crippen LogP contribution in [-0.4, -0.2) is 14.3 Å². The Morgan fingerprint density at radius 2 is 1.88 bits per heavy atom. The molecule has 25 heavy (non-hydrogen) atoms. The van der Waals surface area contributed by atoms with Crippen molar-refractivity contribution in [2.45, 2.75) is 18.0 Å². The SMILES string of the molecule is O=C(NCc1ccsc1)c1ccc(S(=O)(=O)NCc2ccco2)cc1. The van der Waals surface area contributed by atoms with Crippen molar-refractivity contribution in [3.63, 3.8) is 0 Å². The summed E-state index contributed by atoms with van der Waals surface area (Å²) in [5.74, 6) is 0.270. The first-order chi connectivity index (χ1) is 12.0. The summed E-state index contributed by atoms with van der Waals surface area (Å²) in [7, 11) is -3.67. The Bertz CT molecular complexity index is 916. The van der Waals surface area contributed by atoms with Gasteiger partial charge in [0, 0.05) is 12.1 Å². The molecule has 2 N–H and O–H groups in total. The Balaban J connectivity index is 1.61. The highest BCUT2D eigenvalue weighted by Crippen LogP contribution is 2.12. The number of thiophene rings is 1. The maximum atomic E-state index is 12.2. The normalized spacial score (nSPS) is 11.4. The molecule has 0 saturated heterocycles. The second kappa shape index (κ2) is 7.64. The molecular weight excluding hydrogens is 360 g/mol. The fourth-order valence-corrected chi connectivity index (χ4v) is 3.79. The van der Waals surface area contributed by atoms with Crippen LogP contribution in [0, 0.1) is 0 Å². The summed E-state index contributed by atoms with van der Waals surface area (Å²) < 4.78 is 32.0. The molecule has 0 aliphatic heterocycles. The monoisotopic (exact) mass is 376 g/mol. The lowest BCUT2D eigenvalue weighted by Gasteiger charge is -2.07. The van der Waals surface area contributed by atoms with Crippen molar-refractivity contribution < 1.29 is 17.6 Å². The highest BCUT2D eigenvalue weighted by molar-refractivity contribution is 7.89. The molecule has 2 aromatic heterocycles. The van der Waals surface area contributed by atoms with Crippen LogP contribution in [-0.2, 0) is 23.1 Å². The number of amides is 1. The molecule has 8 heteroatoms. The zero-order chi connectivity index (χ0) is 17.7. The van der Waals surface area contributed by atoms with Crippen LogP contribution in [0.4, 0.5) is 0 Å². The average Bonchev–Trinajstić information content (AvgIpc) is 3.31. The molecule has 3 aromatic rings. The van der Waals surface area contributed by atoms with Crippen molar-refractivity contribution in [1.29, 1.82) is 0 Å². The maximum absolute atomic E-state index is 12.2. The van der Waals surface area contributed by atoms with Crippen LogP contribution in [0.5, 0.6) is 0 Å². The van der Waals surface area contributed by atoms with Gasteiger partial charge in [-0.25, -0.2) is 13.1 Å². The smallest absolute Gasteiger partial charge is 0.251 e. The number of rotatable bonds is 7. The average molecular weight is 376 g/mol. The van der Waals surface area contributed by atoms with Crippen LogP contribution < -0.4 is 10.0 Å². The van der Waals surface area contributed by atoms with E-state index in [4.69, 9.17) is 4.42 Å². The predicted molar refractivity (Wildman–Crippen MR) is 94.7 cm³/mol. The van der Waals surface area contributed by atoms with Gasteiger partial charge in [0.15, 0.2) is 0 Å². The van der Waals surface area contributed by atoms with Gasteiger partial charge in [-0.15, -0.1) is 0 Å². The van der Waals surface area contributed by atoms with Gasteiger partial charge in [-0.05, 0) is 58.8 Å². The number of nitrogens with one attached hydrogen (secondary N) is 2. The van der Waals surface area contributed by atoms with E-state index in [0.29, 0.717) is 17.9 Å². The first kappa shape index (κ1) is 17.4. The largest absolute Gasteiger partial charge is 0.468 e. The third-order valence-corrected chi connectivity index (χ3v) is 5.63. The van der Waals surface area contributed by atoms with Crippen LogP contribution >= 0.6 is 11.3 Å². The number of hydrogen-bond acceptors (Lipinski definition) is 5. The van der Waals surface area contributed by atoms with E-state index in [-0.39, 0.29) is 17.3 Å². The quantitative estimate of drug-likeness (QED) is 0.664. The summed E-state index contributed by atoms with van der Waals surface area (Å²) >= 11 is 1.56. The van der Waals surface area contributed by atoms with Gasteiger partial charge >= 0.3 is 0 Å². The number of furan rings is 1. The van der Waals surface area contributed by atoms with Gasteiger partial charge in [0.2, 0.25) is 10.0 Å². The number of sulfonamides is 1. The summed E-state index contributed by atoms with van der Waals surface area (Å²) in [5.41, 5.74) is 1.43. The second-order valence-electron chi connectivity index (χ2n) is 5.24. The van der Waals surface area contributed by atoms with Gasteiger partial charge in [-0.1, -0.05) is 0 Å². The Kier molecular flexibility index (Phi) is 5.32. The number of carbonyl (C=O) groups is 1. The molecule has 1 aromatic carbocycles. The Labute approximate surface area is 149 Å². The van der Waals surface area contributed by atoms with Crippen molar-refractivity contribution in [2.24, 2.45) is 0 Å². The molecule has 0 fully saturated rings. The molecule has 0 saturated carbocycles. The Hall–Kier alpha value is -2.42. The van der Waals surface area contributed by atoms with Gasteiger partial charge in [-0.2, -0.15) is 11.3 Å². The van der Waals surface area contributed by atoms with E-state index in [2.05, 4.69) is 10.0 Å². The molecule has 6 nitrogen and oxygen atoms in total. The summed E-state index contributed by atoms with van der Waals surface area (Å²) in [6.07, 6.45) is 1.48. The number of benzene rings is 1. The van der Waals surface area contributed by atoms with Gasteiger partial charge in [0.25, 0.3) is 5.91 Å². The molecule has 0 radical (unpaired) electrons. The minimum Gasteiger partial charge on any atom is -0.468 e. The Morgan fingerprint density at radius 1 is 1.08 bits per heavy atom. The first-order valence-electron chi connectivity index (χ1n) is 7.46. The minimum atomic E-state index is -3.67. The number of carbonyl (C=O) groups excluding carboxylic acids is 1. The van der Waals surface area contributed by atoms with E-state index in [1.54, 1.807) is 23.5 Å². The van der Waals surface area contributed by atoms with Crippen molar-refractivity contribution in [1.82, 2.24) is 10.0 Å². The van der Waals surface area contributed by atoms with E-state index in [1.165, 1.54) is 30.5 Å². The molecule has 0 aliphatic rings. The third kappa shape index (κ3) is 4.56. The lowest BCUT2D eigenvalue weighted by Crippen LogP contribution is -2.24. The fourth-order valence-electron chi connectivity index (χ4n) is 2.13. The fraction of sp³-hybridized carbons (Fsp3) is 0.118. The molecule has 0 spiro atoms. The summed E-state index contributed by atoms with van der Waals surface area (Å²) in [6, 6.07) is 11.1. The van der Waals surface area contributed by atoms with Gasteiger partial charge in [0.1, 0.15) is 5.76 Å². The van der Waals surface area contributed by atoms with E-state index < -0.39 is 10.0 Å². The zero-order valence-electron chi connectivity index (χ0n) is 13.1. The molecule has 3 rings (SSSR count). The van der Waals surface area contributed by atoms with Gasteiger partial charge in [-0.3, -0.25) is 4.79 Å². The number of hydrogen-bond donors (Lipinski definition) is 2. The van der Waals surface area contributed by atoms with Crippen LogP contribution in [0.1, 0.15) is 21.7 Å². The van der Waals surface area contributed by atoms with Crippen molar-refractivity contribution >= 4 is 27.3 Å². The standard InChI is InChI=1S/C17H16N2O4S2/c20-17(18-10-13-7-9-24-12-13)14-3-5-16(6-4-14)25(21,22)19-11-15-2-1-8-23-15/h1-9,12,19H,10-11H2,(H,18,20). The third-order valence-electron chi connectivity index (χ3n) is 3.48.